The number of hydrogen-bond acceptors (Lipinski definition) is 3. The third-order valence-electron chi connectivity index (χ3n) is 2.10. The number of rotatable bonds is 8. The fourth-order valence-corrected chi connectivity index (χ4v) is 1.18. The molecule has 0 aliphatic rings. The zero-order chi connectivity index (χ0) is 18.9. The molecule has 0 aliphatic carbocycles. The van der Waals surface area contributed by atoms with E-state index in [4.69, 9.17) is 0 Å². The lowest BCUT2D eigenvalue weighted by Gasteiger charge is -2.30. The summed E-state index contributed by atoms with van der Waals surface area (Å²) >= 11 is 0. The van der Waals surface area contributed by atoms with Gasteiger partial charge in [-0.1, -0.05) is 0 Å². The molecule has 0 radical (unpaired) electrons. The molecule has 1 atom stereocenters. The van der Waals surface area contributed by atoms with Crippen molar-refractivity contribution >= 4 is 8.03 Å². The average molecular weight is 391 g/mol. The Balaban J connectivity index is 5.09. The van der Waals surface area contributed by atoms with Gasteiger partial charge in [-0.25, -0.2) is 0 Å². The fourth-order valence-electron chi connectivity index (χ4n) is 0.841. The van der Waals surface area contributed by atoms with Crippen LogP contribution < -0.4 is 0 Å². The number of hydrogen-bond donors (Lipinski definition) is 0. The first kappa shape index (κ1) is 22.2. The van der Waals surface area contributed by atoms with Crippen molar-refractivity contribution in [2.24, 2.45) is 0 Å². The van der Waals surface area contributed by atoms with Crippen LogP contribution in [0.5, 0.6) is 0 Å². The van der Waals surface area contributed by atoms with Gasteiger partial charge in [0, 0.05) is 0 Å². The van der Waals surface area contributed by atoms with Crippen molar-refractivity contribution in [1.29, 1.82) is 0 Å². The molecule has 0 heterocycles. The molecule has 0 N–H and O–H groups in total. The van der Waals surface area contributed by atoms with Crippen LogP contribution in [0.4, 0.5) is 48.3 Å². The second-order valence-electron chi connectivity index (χ2n) is 4.00. The van der Waals surface area contributed by atoms with Crippen molar-refractivity contribution in [2.75, 3.05) is 19.9 Å². The maximum absolute atomic E-state index is 12.9. The van der Waals surface area contributed by atoms with E-state index in [1.807, 2.05) is 0 Å². The van der Waals surface area contributed by atoms with Crippen LogP contribution in [-0.2, 0) is 13.8 Å². The first-order valence-corrected chi connectivity index (χ1v) is 6.75. The Labute approximate surface area is 121 Å². The van der Waals surface area contributed by atoms with Crippen molar-refractivity contribution in [2.45, 2.75) is 30.1 Å². The maximum Gasteiger partial charge on any atom is 0.505 e. The normalized spacial score (nSPS) is 15.7. The molecule has 3 nitrogen and oxygen atoms in total. The standard InChI is InChI=1S/C8H7F11O3P/c1-23(20)22-3-5(11,12)8(18,19)21-2-4(9,10)6(13,14)7(15,16)17/h2-3H2,1H3/q+1. The monoisotopic (exact) mass is 391 g/mol. The second-order valence-corrected chi connectivity index (χ2v) is 5.14. The van der Waals surface area contributed by atoms with E-state index in [0.29, 0.717) is 6.66 Å². The summed E-state index contributed by atoms with van der Waals surface area (Å²) in [6.45, 7) is -5.00. The van der Waals surface area contributed by atoms with Gasteiger partial charge in [-0.3, -0.25) is 0 Å². The SMILES string of the molecule is C[P+](=O)OCC(F)(F)C(F)(F)OCC(F)(F)C(F)(F)C(F)(F)F. The van der Waals surface area contributed by atoms with Gasteiger partial charge in [0.1, 0.15) is 6.61 Å². The molecular formula is C8H7F11O3P+. The minimum atomic E-state index is -6.83. The lowest BCUT2D eigenvalue weighted by molar-refractivity contribution is -0.399. The minimum absolute atomic E-state index is 0.669. The van der Waals surface area contributed by atoms with Gasteiger partial charge in [-0.15, -0.1) is 4.52 Å². The van der Waals surface area contributed by atoms with Crippen LogP contribution in [0.1, 0.15) is 0 Å². The summed E-state index contributed by atoms with van der Waals surface area (Å²) in [6.07, 6.45) is -12.7. The van der Waals surface area contributed by atoms with E-state index in [1.54, 1.807) is 0 Å². The predicted octanol–water partition coefficient (Wildman–Crippen LogP) is 4.45. The van der Waals surface area contributed by atoms with E-state index in [1.165, 1.54) is 0 Å². The molecular weight excluding hydrogens is 384 g/mol. The van der Waals surface area contributed by atoms with Crippen LogP contribution in [0.15, 0.2) is 0 Å². The van der Waals surface area contributed by atoms with Crippen molar-refractivity contribution in [3.8, 4) is 0 Å². The topological polar surface area (TPSA) is 35.5 Å². The Kier molecular flexibility index (Phi) is 6.41. The predicted molar refractivity (Wildman–Crippen MR) is 51.3 cm³/mol. The summed E-state index contributed by atoms with van der Waals surface area (Å²) in [6, 6.07) is 0. The number of alkyl halides is 11. The molecule has 0 saturated carbocycles. The molecule has 0 amide bonds. The van der Waals surface area contributed by atoms with Gasteiger partial charge in [0.05, 0.1) is 0 Å². The van der Waals surface area contributed by atoms with Crippen LogP contribution in [0.3, 0.4) is 0 Å². The highest BCUT2D eigenvalue weighted by Crippen LogP contribution is 2.48. The third-order valence-corrected chi connectivity index (χ3v) is 2.60. The van der Waals surface area contributed by atoms with Crippen LogP contribution in [0, 0.1) is 0 Å². The first-order valence-electron chi connectivity index (χ1n) is 5.13. The van der Waals surface area contributed by atoms with Crippen LogP contribution in [0.2, 0.25) is 0 Å². The number of ether oxygens (including phenoxy) is 1. The summed E-state index contributed by atoms with van der Waals surface area (Å²) < 4.78 is 153. The number of halogens is 11. The largest absolute Gasteiger partial charge is 0.505 e. The van der Waals surface area contributed by atoms with Gasteiger partial charge in [0.15, 0.2) is 13.3 Å². The highest BCUT2D eigenvalue weighted by Gasteiger charge is 2.74. The Morgan fingerprint density at radius 1 is 0.783 bits per heavy atom. The lowest BCUT2D eigenvalue weighted by atomic mass is 10.2. The molecule has 138 valence electrons. The Hall–Kier alpha value is -0.750. The molecule has 23 heavy (non-hydrogen) atoms. The summed E-state index contributed by atoms with van der Waals surface area (Å²) in [5.74, 6) is -18.5. The fraction of sp³-hybridized carbons (Fsp3) is 1.00. The molecule has 0 aromatic rings. The summed E-state index contributed by atoms with van der Waals surface area (Å²) in [4.78, 5) is 0. The molecule has 0 aromatic carbocycles. The maximum atomic E-state index is 12.9. The van der Waals surface area contributed by atoms with Crippen molar-refractivity contribution < 1.29 is 62.1 Å². The van der Waals surface area contributed by atoms with Crippen LogP contribution >= 0.6 is 8.03 Å². The van der Waals surface area contributed by atoms with Crippen molar-refractivity contribution in [3.05, 3.63) is 0 Å². The second kappa shape index (κ2) is 6.63. The van der Waals surface area contributed by atoms with Gasteiger partial charge in [0.25, 0.3) is 0 Å². The Morgan fingerprint density at radius 2 is 1.22 bits per heavy atom. The molecule has 0 aromatic heterocycles. The van der Waals surface area contributed by atoms with E-state index in [9.17, 15) is 52.9 Å². The zero-order valence-corrected chi connectivity index (χ0v) is 11.6. The van der Waals surface area contributed by atoms with Crippen molar-refractivity contribution in [1.82, 2.24) is 0 Å². The third kappa shape index (κ3) is 5.11. The zero-order valence-electron chi connectivity index (χ0n) is 10.7. The van der Waals surface area contributed by atoms with Crippen LogP contribution in [-0.4, -0.2) is 49.9 Å². The van der Waals surface area contributed by atoms with E-state index in [2.05, 4.69) is 9.26 Å². The quantitative estimate of drug-likeness (QED) is 0.453. The molecule has 0 spiro atoms. The molecule has 0 bridgehead atoms. The summed E-state index contributed by atoms with van der Waals surface area (Å²) in [7, 11) is -2.81. The van der Waals surface area contributed by atoms with E-state index in [-0.39, 0.29) is 0 Å². The Bertz CT molecular complexity index is 433. The molecule has 0 fully saturated rings. The molecule has 0 aliphatic heterocycles. The molecule has 0 saturated heterocycles. The molecule has 15 heteroatoms. The molecule has 1 unspecified atom stereocenters. The highest BCUT2D eigenvalue weighted by molar-refractivity contribution is 7.38. The van der Waals surface area contributed by atoms with Gasteiger partial charge >= 0.3 is 38.1 Å². The van der Waals surface area contributed by atoms with Gasteiger partial charge < -0.3 is 4.74 Å². The van der Waals surface area contributed by atoms with E-state index < -0.39 is 51.3 Å². The van der Waals surface area contributed by atoms with Crippen LogP contribution in [0.25, 0.3) is 0 Å². The van der Waals surface area contributed by atoms with Gasteiger partial charge in [-0.05, 0) is 4.57 Å². The molecule has 0 rings (SSSR count). The van der Waals surface area contributed by atoms with E-state index in [0.717, 1.165) is 0 Å². The highest BCUT2D eigenvalue weighted by atomic mass is 31.1. The Morgan fingerprint density at radius 3 is 1.57 bits per heavy atom. The van der Waals surface area contributed by atoms with E-state index >= 15 is 0 Å². The summed E-state index contributed by atoms with van der Waals surface area (Å²) in [5, 5.41) is 0. The smallest absolute Gasteiger partial charge is 0.309 e. The van der Waals surface area contributed by atoms with Gasteiger partial charge in [-0.2, -0.15) is 48.3 Å². The minimum Gasteiger partial charge on any atom is -0.309 e. The van der Waals surface area contributed by atoms with Crippen molar-refractivity contribution in [3.63, 3.8) is 0 Å². The summed E-state index contributed by atoms with van der Waals surface area (Å²) in [5.41, 5.74) is 0. The first-order chi connectivity index (χ1) is 9.87. The average Bonchev–Trinajstić information content (AvgIpc) is 2.32. The lowest BCUT2D eigenvalue weighted by Crippen LogP contribution is -2.56. The van der Waals surface area contributed by atoms with Gasteiger partial charge in [0.2, 0.25) is 0 Å².